The van der Waals surface area contributed by atoms with Crippen LogP contribution in [0.15, 0.2) is 82.0 Å². The minimum absolute atomic E-state index is 0.143. The third-order valence-electron chi connectivity index (χ3n) is 6.74. The van der Waals surface area contributed by atoms with Gasteiger partial charge in [-0.1, -0.05) is 56.3 Å². The molecule has 0 spiro atoms. The summed E-state index contributed by atoms with van der Waals surface area (Å²) < 4.78 is 8.11. The summed E-state index contributed by atoms with van der Waals surface area (Å²) in [4.78, 5) is 18.3. The van der Waals surface area contributed by atoms with Crippen LogP contribution in [-0.4, -0.2) is 16.1 Å². The first-order valence-corrected chi connectivity index (χ1v) is 11.3. The Balaban J connectivity index is 1.65. The number of benzene rings is 3. The Kier molecular flexibility index (Phi) is 4.32. The van der Waals surface area contributed by atoms with Crippen molar-refractivity contribution in [2.45, 2.75) is 32.2 Å². The largest absolute Gasteiger partial charge is 0.422 e. The fourth-order valence-corrected chi connectivity index (χ4v) is 5.07. The molecule has 6 rings (SSSR count). The number of nitrogens with one attached hydrogen (secondary N) is 1. The van der Waals surface area contributed by atoms with Gasteiger partial charge in [-0.2, -0.15) is 0 Å². The number of rotatable bonds is 2. The molecule has 5 aromatic rings. The van der Waals surface area contributed by atoms with Crippen molar-refractivity contribution in [2.24, 2.45) is 0 Å². The van der Waals surface area contributed by atoms with Gasteiger partial charge in [0.25, 0.3) is 0 Å². The highest BCUT2D eigenvalue weighted by atomic mass is 16.4. The van der Waals surface area contributed by atoms with Crippen molar-refractivity contribution in [1.82, 2.24) is 14.9 Å². The molecule has 1 N–H and O–H groups in total. The predicted octanol–water partition coefficient (Wildman–Crippen LogP) is 5.74. The summed E-state index contributed by atoms with van der Waals surface area (Å²) >= 11 is 0. The molecule has 5 nitrogen and oxygen atoms in total. The standard InChI is InChI=1S/C28H25N3O2/c1-17-20-14-13-18-15-21(27(32)33-25(18)24(20)28(2,3)16-29-17)26-30-22-11-7-8-12-23(22)31(26)19-9-5-4-6-10-19/h4-15,17,29H,16H2,1-3H3. The number of fused-ring (bicyclic) bond motifs is 4. The monoisotopic (exact) mass is 435 g/mol. The molecule has 0 amide bonds. The molecule has 3 aromatic carbocycles. The summed E-state index contributed by atoms with van der Waals surface area (Å²) in [6.45, 7) is 7.35. The van der Waals surface area contributed by atoms with E-state index in [1.54, 1.807) is 0 Å². The minimum Gasteiger partial charge on any atom is -0.422 e. The van der Waals surface area contributed by atoms with Gasteiger partial charge in [0.1, 0.15) is 11.1 Å². The molecule has 164 valence electrons. The van der Waals surface area contributed by atoms with Crippen molar-refractivity contribution in [3.8, 4) is 17.1 Å². The van der Waals surface area contributed by atoms with E-state index in [0.717, 1.165) is 34.2 Å². The molecule has 1 unspecified atom stereocenters. The number of aromatic nitrogens is 2. The number of imidazole rings is 1. The fourth-order valence-electron chi connectivity index (χ4n) is 5.07. The quantitative estimate of drug-likeness (QED) is 0.359. The summed E-state index contributed by atoms with van der Waals surface area (Å²) in [6.07, 6.45) is 0. The first kappa shape index (κ1) is 19.9. The van der Waals surface area contributed by atoms with Crippen molar-refractivity contribution in [3.05, 3.63) is 94.3 Å². The lowest BCUT2D eigenvalue weighted by Crippen LogP contribution is -2.41. The van der Waals surface area contributed by atoms with Gasteiger partial charge in [0.2, 0.25) is 0 Å². The van der Waals surface area contributed by atoms with Gasteiger partial charge in [-0.05, 0) is 42.8 Å². The van der Waals surface area contributed by atoms with Gasteiger partial charge in [-0.3, -0.25) is 4.57 Å². The van der Waals surface area contributed by atoms with Crippen molar-refractivity contribution in [3.63, 3.8) is 0 Å². The summed E-state index contributed by atoms with van der Waals surface area (Å²) in [5.74, 6) is 0.588. The third-order valence-corrected chi connectivity index (χ3v) is 6.74. The average molecular weight is 436 g/mol. The van der Waals surface area contributed by atoms with E-state index in [4.69, 9.17) is 9.40 Å². The average Bonchev–Trinajstić information content (AvgIpc) is 3.20. The Bertz CT molecular complexity index is 1580. The van der Waals surface area contributed by atoms with Crippen LogP contribution in [-0.2, 0) is 5.41 Å². The second-order valence-electron chi connectivity index (χ2n) is 9.48. The Morgan fingerprint density at radius 3 is 2.61 bits per heavy atom. The zero-order valence-corrected chi connectivity index (χ0v) is 18.9. The van der Waals surface area contributed by atoms with Crippen molar-refractivity contribution in [2.75, 3.05) is 6.54 Å². The molecule has 1 aliphatic heterocycles. The van der Waals surface area contributed by atoms with Crippen LogP contribution in [0.3, 0.4) is 0 Å². The van der Waals surface area contributed by atoms with E-state index < -0.39 is 0 Å². The van der Waals surface area contributed by atoms with Crippen LogP contribution in [0.2, 0.25) is 0 Å². The van der Waals surface area contributed by atoms with Crippen LogP contribution in [0.4, 0.5) is 0 Å². The Hall–Kier alpha value is -3.70. The predicted molar refractivity (Wildman–Crippen MR) is 132 cm³/mol. The van der Waals surface area contributed by atoms with Gasteiger partial charge in [0, 0.05) is 34.6 Å². The molecule has 33 heavy (non-hydrogen) atoms. The molecule has 0 aliphatic carbocycles. The van der Waals surface area contributed by atoms with E-state index in [0.29, 0.717) is 17.0 Å². The summed E-state index contributed by atoms with van der Waals surface area (Å²) in [7, 11) is 0. The highest BCUT2D eigenvalue weighted by Gasteiger charge is 2.34. The highest BCUT2D eigenvalue weighted by Crippen LogP contribution is 2.39. The van der Waals surface area contributed by atoms with E-state index in [-0.39, 0.29) is 17.1 Å². The van der Waals surface area contributed by atoms with Crippen LogP contribution >= 0.6 is 0 Å². The molecule has 2 aromatic heterocycles. The van der Waals surface area contributed by atoms with Gasteiger partial charge in [0.05, 0.1) is 11.0 Å². The molecule has 0 saturated heterocycles. The summed E-state index contributed by atoms with van der Waals surface area (Å²) in [5.41, 5.74) is 5.67. The summed E-state index contributed by atoms with van der Waals surface area (Å²) in [6, 6.07) is 24.3. The fraction of sp³-hybridized carbons (Fsp3) is 0.214. The number of hydrogen-bond donors (Lipinski definition) is 1. The maximum absolute atomic E-state index is 13.4. The van der Waals surface area contributed by atoms with Crippen LogP contribution in [0.1, 0.15) is 37.9 Å². The first-order chi connectivity index (χ1) is 15.9. The maximum Gasteiger partial charge on any atom is 0.347 e. The topological polar surface area (TPSA) is 60.1 Å². The second kappa shape index (κ2) is 7.15. The second-order valence-corrected chi connectivity index (χ2v) is 9.48. The SMILES string of the molecule is CC1NCC(C)(C)c2c1ccc1cc(-c3nc4ccccc4n3-c3ccccc3)c(=O)oc21. The van der Waals surface area contributed by atoms with Crippen LogP contribution in [0, 0.1) is 0 Å². The zero-order chi connectivity index (χ0) is 22.7. The lowest BCUT2D eigenvalue weighted by atomic mass is 9.76. The number of hydrogen-bond acceptors (Lipinski definition) is 4. The van der Waals surface area contributed by atoms with Crippen LogP contribution in [0.5, 0.6) is 0 Å². The normalized spacial score (nSPS) is 17.4. The van der Waals surface area contributed by atoms with Crippen molar-refractivity contribution in [1.29, 1.82) is 0 Å². The van der Waals surface area contributed by atoms with Crippen LogP contribution in [0.25, 0.3) is 39.1 Å². The smallest absolute Gasteiger partial charge is 0.347 e. The van der Waals surface area contributed by atoms with E-state index in [1.807, 2.05) is 65.2 Å². The van der Waals surface area contributed by atoms with Gasteiger partial charge >= 0.3 is 5.63 Å². The maximum atomic E-state index is 13.4. The van der Waals surface area contributed by atoms with Gasteiger partial charge in [0.15, 0.2) is 5.82 Å². The van der Waals surface area contributed by atoms with Crippen molar-refractivity contribution < 1.29 is 4.42 Å². The molecule has 1 aliphatic rings. The molecular formula is C28H25N3O2. The Morgan fingerprint density at radius 2 is 1.79 bits per heavy atom. The van der Waals surface area contributed by atoms with E-state index >= 15 is 0 Å². The minimum atomic E-state index is -0.370. The molecule has 0 fully saturated rings. The van der Waals surface area contributed by atoms with Gasteiger partial charge in [-0.25, -0.2) is 9.78 Å². The summed E-state index contributed by atoms with van der Waals surface area (Å²) in [5, 5.41) is 4.47. The van der Waals surface area contributed by atoms with Gasteiger partial charge in [-0.15, -0.1) is 0 Å². The number of para-hydroxylation sites is 3. The zero-order valence-electron chi connectivity index (χ0n) is 18.9. The molecule has 0 radical (unpaired) electrons. The first-order valence-electron chi connectivity index (χ1n) is 11.3. The molecule has 3 heterocycles. The highest BCUT2D eigenvalue weighted by molar-refractivity contribution is 5.88. The Morgan fingerprint density at radius 1 is 1.03 bits per heavy atom. The molecule has 5 heteroatoms. The molecular weight excluding hydrogens is 410 g/mol. The number of nitrogens with zero attached hydrogens (tertiary/aromatic N) is 2. The lowest BCUT2D eigenvalue weighted by molar-refractivity contribution is 0.391. The molecule has 0 saturated carbocycles. The van der Waals surface area contributed by atoms with Crippen LogP contribution < -0.4 is 10.9 Å². The van der Waals surface area contributed by atoms with E-state index in [9.17, 15) is 4.79 Å². The Labute approximate surface area is 191 Å². The van der Waals surface area contributed by atoms with Crippen molar-refractivity contribution >= 4 is 22.0 Å². The third kappa shape index (κ3) is 3.04. The molecule has 1 atom stereocenters. The van der Waals surface area contributed by atoms with E-state index in [1.165, 1.54) is 5.56 Å². The molecule has 0 bridgehead atoms. The lowest BCUT2D eigenvalue weighted by Gasteiger charge is -2.37. The van der Waals surface area contributed by atoms with E-state index in [2.05, 4.69) is 38.2 Å². The van der Waals surface area contributed by atoms with Gasteiger partial charge < -0.3 is 9.73 Å².